The largest absolute Gasteiger partial charge is 0.504 e. The van der Waals surface area contributed by atoms with E-state index in [0.29, 0.717) is 39.4 Å². The lowest BCUT2D eigenvalue weighted by atomic mass is 10.0. The van der Waals surface area contributed by atoms with E-state index in [4.69, 9.17) is 9.47 Å². The van der Waals surface area contributed by atoms with Crippen molar-refractivity contribution in [1.82, 2.24) is 13.7 Å². The predicted molar refractivity (Wildman–Crippen MR) is 141 cm³/mol. The SMILES string of the molecule is COc1ccc(C2Oc3ccccc3-n3c(-c4ccc(C)cc4)c4c(=O)n(C)c(=O)n(C)c4c32)cc1O. The molecule has 2 aromatic heterocycles. The van der Waals surface area contributed by atoms with Gasteiger partial charge < -0.3 is 19.1 Å². The Bertz CT molecular complexity index is 1830. The molecule has 0 amide bonds. The first-order chi connectivity index (χ1) is 17.8. The number of phenols is 1. The van der Waals surface area contributed by atoms with Gasteiger partial charge in [0.2, 0.25) is 0 Å². The van der Waals surface area contributed by atoms with Gasteiger partial charge in [0.1, 0.15) is 5.75 Å². The van der Waals surface area contributed by atoms with E-state index in [1.807, 2.05) is 66.1 Å². The number of benzene rings is 3. The van der Waals surface area contributed by atoms with E-state index in [2.05, 4.69) is 0 Å². The minimum Gasteiger partial charge on any atom is -0.504 e. The normalized spacial score (nSPS) is 14.2. The van der Waals surface area contributed by atoms with Crippen molar-refractivity contribution in [2.45, 2.75) is 13.0 Å². The Labute approximate surface area is 212 Å². The third-order valence-corrected chi connectivity index (χ3v) is 7.04. The van der Waals surface area contributed by atoms with E-state index >= 15 is 0 Å². The molecule has 37 heavy (non-hydrogen) atoms. The molecule has 0 spiro atoms. The molecule has 1 aliphatic heterocycles. The van der Waals surface area contributed by atoms with Crippen LogP contribution in [0.15, 0.2) is 76.3 Å². The molecule has 1 unspecified atom stereocenters. The summed E-state index contributed by atoms with van der Waals surface area (Å²) in [5.74, 6) is 0.918. The number of hydrogen-bond acceptors (Lipinski definition) is 5. The highest BCUT2D eigenvalue weighted by Gasteiger charge is 2.36. The van der Waals surface area contributed by atoms with Gasteiger partial charge in [-0.2, -0.15) is 0 Å². The van der Waals surface area contributed by atoms with Crippen LogP contribution in [0.1, 0.15) is 22.9 Å². The Hall–Kier alpha value is -4.72. The molecule has 1 N–H and O–H groups in total. The second-order valence-corrected chi connectivity index (χ2v) is 9.26. The fourth-order valence-electron chi connectivity index (χ4n) is 5.19. The average Bonchev–Trinajstić information content (AvgIpc) is 3.27. The molecule has 0 bridgehead atoms. The maximum atomic E-state index is 13.7. The van der Waals surface area contributed by atoms with Crippen LogP contribution in [0.25, 0.3) is 27.8 Å². The first kappa shape index (κ1) is 22.7. The zero-order chi connectivity index (χ0) is 26.0. The van der Waals surface area contributed by atoms with Crippen molar-refractivity contribution in [2.24, 2.45) is 14.1 Å². The zero-order valence-corrected chi connectivity index (χ0v) is 20.9. The molecular weight excluding hydrogens is 470 g/mol. The van der Waals surface area contributed by atoms with Crippen LogP contribution >= 0.6 is 0 Å². The van der Waals surface area contributed by atoms with E-state index in [9.17, 15) is 14.7 Å². The molecule has 6 rings (SSSR count). The summed E-state index contributed by atoms with van der Waals surface area (Å²) < 4.78 is 16.4. The van der Waals surface area contributed by atoms with Crippen molar-refractivity contribution < 1.29 is 14.6 Å². The highest BCUT2D eigenvalue weighted by molar-refractivity contribution is 5.98. The number of aromatic nitrogens is 3. The van der Waals surface area contributed by atoms with Crippen LogP contribution in [0.5, 0.6) is 17.2 Å². The van der Waals surface area contributed by atoms with Crippen molar-refractivity contribution in [1.29, 1.82) is 0 Å². The number of methoxy groups -OCH3 is 1. The third kappa shape index (κ3) is 3.22. The zero-order valence-electron chi connectivity index (χ0n) is 20.9. The highest BCUT2D eigenvalue weighted by atomic mass is 16.5. The van der Waals surface area contributed by atoms with Crippen molar-refractivity contribution in [3.8, 4) is 34.2 Å². The molecule has 3 aromatic carbocycles. The van der Waals surface area contributed by atoms with Gasteiger partial charge in [0.25, 0.3) is 5.56 Å². The molecule has 1 aliphatic rings. The summed E-state index contributed by atoms with van der Waals surface area (Å²) in [5.41, 5.74) is 4.31. The average molecular weight is 496 g/mol. The summed E-state index contributed by atoms with van der Waals surface area (Å²) >= 11 is 0. The number of rotatable bonds is 3. The maximum absolute atomic E-state index is 13.7. The molecule has 0 radical (unpaired) electrons. The van der Waals surface area contributed by atoms with Crippen LogP contribution in [0, 0.1) is 6.92 Å². The van der Waals surface area contributed by atoms with Crippen LogP contribution in [-0.2, 0) is 14.1 Å². The lowest BCUT2D eigenvalue weighted by Crippen LogP contribution is -2.37. The highest BCUT2D eigenvalue weighted by Crippen LogP contribution is 2.47. The molecule has 8 heteroatoms. The van der Waals surface area contributed by atoms with E-state index in [-0.39, 0.29) is 11.3 Å². The number of ether oxygens (including phenoxy) is 2. The second-order valence-electron chi connectivity index (χ2n) is 9.26. The lowest BCUT2D eigenvalue weighted by Gasteiger charge is -2.30. The summed E-state index contributed by atoms with van der Waals surface area (Å²) in [6, 6.07) is 20.6. The number of phenolic OH excluding ortho intramolecular Hbond substituents is 1. The molecule has 186 valence electrons. The van der Waals surface area contributed by atoms with E-state index in [0.717, 1.165) is 21.4 Å². The number of para-hydroxylation sites is 2. The maximum Gasteiger partial charge on any atom is 0.331 e. The summed E-state index contributed by atoms with van der Waals surface area (Å²) in [6.07, 6.45) is -0.717. The molecule has 1 atom stereocenters. The van der Waals surface area contributed by atoms with Gasteiger partial charge in [-0.3, -0.25) is 13.9 Å². The number of aromatic hydroxyl groups is 1. The Morgan fingerprint density at radius 1 is 0.946 bits per heavy atom. The summed E-state index contributed by atoms with van der Waals surface area (Å²) in [5, 5.41) is 11.0. The minimum absolute atomic E-state index is 0.0339. The first-order valence-electron chi connectivity index (χ1n) is 11.9. The van der Waals surface area contributed by atoms with Crippen molar-refractivity contribution in [2.75, 3.05) is 7.11 Å². The standard InChI is InChI=1S/C29H25N3O5/c1-16-9-11-17(12-10-16)24-23-25(30(2)29(35)31(3)28(23)34)26-27(18-13-14-22(36-4)20(33)15-18)37-21-8-6-5-7-19(21)32(24)26/h5-15,27,33H,1-4H3. The Morgan fingerprint density at radius 3 is 2.38 bits per heavy atom. The Balaban J connectivity index is 1.82. The lowest BCUT2D eigenvalue weighted by molar-refractivity contribution is 0.228. The second kappa shape index (κ2) is 8.16. The van der Waals surface area contributed by atoms with Crippen LogP contribution in [0.3, 0.4) is 0 Å². The fraction of sp³-hybridized carbons (Fsp3) is 0.172. The molecule has 3 heterocycles. The number of hydrogen-bond donors (Lipinski definition) is 1. The molecule has 0 fully saturated rings. The van der Waals surface area contributed by atoms with Crippen LogP contribution < -0.4 is 20.7 Å². The van der Waals surface area contributed by atoms with Crippen LogP contribution in [0.2, 0.25) is 0 Å². The summed E-state index contributed by atoms with van der Waals surface area (Å²) in [7, 11) is 4.64. The van der Waals surface area contributed by atoms with E-state index < -0.39 is 11.8 Å². The Morgan fingerprint density at radius 2 is 1.68 bits per heavy atom. The van der Waals surface area contributed by atoms with Gasteiger partial charge >= 0.3 is 5.69 Å². The van der Waals surface area contributed by atoms with Gasteiger partial charge in [-0.15, -0.1) is 0 Å². The van der Waals surface area contributed by atoms with Crippen LogP contribution in [0.4, 0.5) is 0 Å². The monoisotopic (exact) mass is 495 g/mol. The van der Waals surface area contributed by atoms with E-state index in [1.54, 1.807) is 19.2 Å². The van der Waals surface area contributed by atoms with Crippen molar-refractivity contribution >= 4 is 10.9 Å². The molecule has 8 nitrogen and oxygen atoms in total. The molecule has 0 saturated heterocycles. The van der Waals surface area contributed by atoms with Gasteiger partial charge in [0.15, 0.2) is 17.6 Å². The number of nitrogens with zero attached hydrogens (tertiary/aromatic N) is 3. The fourth-order valence-corrected chi connectivity index (χ4v) is 5.19. The first-order valence-corrected chi connectivity index (χ1v) is 11.9. The number of fused-ring (bicyclic) bond motifs is 5. The van der Waals surface area contributed by atoms with Gasteiger partial charge in [-0.25, -0.2) is 4.79 Å². The van der Waals surface area contributed by atoms with Crippen molar-refractivity contribution in [3.63, 3.8) is 0 Å². The third-order valence-electron chi connectivity index (χ3n) is 7.04. The number of aryl methyl sites for hydroxylation is 2. The minimum atomic E-state index is -0.717. The van der Waals surface area contributed by atoms with Gasteiger partial charge in [-0.1, -0.05) is 48.0 Å². The summed E-state index contributed by atoms with van der Waals surface area (Å²) in [4.78, 5) is 26.8. The topological polar surface area (TPSA) is 87.6 Å². The molecule has 0 saturated carbocycles. The smallest absolute Gasteiger partial charge is 0.331 e. The Kier molecular flexibility index (Phi) is 5.01. The molecule has 0 aliphatic carbocycles. The van der Waals surface area contributed by atoms with Crippen molar-refractivity contribution in [3.05, 3.63) is 104 Å². The van der Waals surface area contributed by atoms with Gasteiger partial charge in [-0.05, 0) is 36.8 Å². The van der Waals surface area contributed by atoms with Gasteiger partial charge in [0, 0.05) is 19.7 Å². The summed E-state index contributed by atoms with van der Waals surface area (Å²) in [6.45, 7) is 2.01. The molecular formula is C29H25N3O5. The van der Waals surface area contributed by atoms with Crippen LogP contribution in [-0.4, -0.2) is 25.9 Å². The van der Waals surface area contributed by atoms with Gasteiger partial charge in [0.05, 0.1) is 35.1 Å². The quantitative estimate of drug-likeness (QED) is 0.405. The van der Waals surface area contributed by atoms with E-state index in [1.165, 1.54) is 18.7 Å². The molecule has 5 aromatic rings. The predicted octanol–water partition coefficient (Wildman–Crippen LogP) is 4.20.